The van der Waals surface area contributed by atoms with Gasteiger partial charge in [0.05, 0.1) is 5.60 Å². The predicted octanol–water partition coefficient (Wildman–Crippen LogP) is 1.03. The van der Waals surface area contributed by atoms with Gasteiger partial charge in [0.2, 0.25) is 6.41 Å². The zero-order chi connectivity index (χ0) is 14.0. The highest BCUT2D eigenvalue weighted by molar-refractivity contribution is 5.47. The maximum absolute atomic E-state index is 10.7. The highest BCUT2D eigenvalue weighted by Crippen LogP contribution is 2.26. The molecule has 0 unspecified atom stereocenters. The third-order valence-electron chi connectivity index (χ3n) is 4.61. The van der Waals surface area contributed by atoms with E-state index in [1.54, 1.807) is 4.90 Å². The molecular formula is C16H22N2O2. The van der Waals surface area contributed by atoms with Crippen LogP contribution >= 0.6 is 0 Å². The van der Waals surface area contributed by atoms with E-state index in [9.17, 15) is 9.90 Å². The normalized spacial score (nSPS) is 22.4. The Morgan fingerprint density at radius 3 is 2.55 bits per heavy atom. The van der Waals surface area contributed by atoms with Gasteiger partial charge in [0.25, 0.3) is 0 Å². The van der Waals surface area contributed by atoms with Crippen molar-refractivity contribution in [3.8, 4) is 0 Å². The minimum atomic E-state index is -0.633. The fourth-order valence-electron chi connectivity index (χ4n) is 3.31. The lowest BCUT2D eigenvalue weighted by molar-refractivity contribution is -0.123. The summed E-state index contributed by atoms with van der Waals surface area (Å²) in [5.74, 6) is 0. The number of hydrogen-bond donors (Lipinski definition) is 1. The van der Waals surface area contributed by atoms with Crippen molar-refractivity contribution in [2.24, 2.45) is 0 Å². The summed E-state index contributed by atoms with van der Waals surface area (Å²) in [4.78, 5) is 14.8. The molecule has 0 saturated carbocycles. The van der Waals surface area contributed by atoms with Crippen LogP contribution in [0, 0.1) is 0 Å². The van der Waals surface area contributed by atoms with Gasteiger partial charge in [0.15, 0.2) is 0 Å². The van der Waals surface area contributed by atoms with Gasteiger partial charge < -0.3 is 10.0 Å². The van der Waals surface area contributed by atoms with Gasteiger partial charge >= 0.3 is 0 Å². The van der Waals surface area contributed by atoms with E-state index in [4.69, 9.17) is 0 Å². The molecule has 1 aromatic carbocycles. The molecule has 1 amide bonds. The van der Waals surface area contributed by atoms with Crippen molar-refractivity contribution >= 4 is 6.41 Å². The number of fused-ring (bicyclic) bond motifs is 1. The molecule has 0 radical (unpaired) electrons. The Kier molecular flexibility index (Phi) is 3.76. The first-order valence-electron chi connectivity index (χ1n) is 7.39. The number of carbonyl (C=O) groups is 1. The van der Waals surface area contributed by atoms with Gasteiger partial charge in [-0.15, -0.1) is 0 Å². The molecule has 108 valence electrons. The lowest BCUT2D eigenvalue weighted by Gasteiger charge is -2.41. The summed E-state index contributed by atoms with van der Waals surface area (Å²) in [6.45, 7) is 4.00. The number of likely N-dealkylation sites (tertiary alicyclic amines) is 1. The van der Waals surface area contributed by atoms with Crippen LogP contribution in [0.2, 0.25) is 0 Å². The Morgan fingerprint density at radius 1 is 1.15 bits per heavy atom. The molecule has 1 saturated heterocycles. The van der Waals surface area contributed by atoms with Crippen LogP contribution < -0.4 is 0 Å². The zero-order valence-electron chi connectivity index (χ0n) is 11.8. The van der Waals surface area contributed by atoms with Gasteiger partial charge in [-0.25, -0.2) is 0 Å². The molecular weight excluding hydrogens is 252 g/mol. The Labute approximate surface area is 120 Å². The van der Waals surface area contributed by atoms with Crippen LogP contribution in [0.1, 0.15) is 24.0 Å². The molecule has 20 heavy (non-hydrogen) atoms. The van der Waals surface area contributed by atoms with Crippen LogP contribution in [-0.4, -0.2) is 53.1 Å². The molecule has 2 aliphatic heterocycles. The maximum atomic E-state index is 10.7. The molecule has 0 aromatic heterocycles. The van der Waals surface area contributed by atoms with E-state index in [1.165, 1.54) is 11.1 Å². The molecule has 1 N–H and O–H groups in total. The fourth-order valence-corrected chi connectivity index (χ4v) is 3.31. The Morgan fingerprint density at radius 2 is 1.85 bits per heavy atom. The topological polar surface area (TPSA) is 43.8 Å². The molecule has 1 fully saturated rings. The molecule has 3 rings (SSSR count). The molecule has 4 heteroatoms. The number of hydrogen-bond acceptors (Lipinski definition) is 3. The van der Waals surface area contributed by atoms with Crippen LogP contribution in [0.4, 0.5) is 0 Å². The summed E-state index contributed by atoms with van der Waals surface area (Å²) in [7, 11) is 0. The third kappa shape index (κ3) is 2.86. The van der Waals surface area contributed by atoms with Gasteiger partial charge in [0, 0.05) is 32.7 Å². The highest BCUT2D eigenvalue weighted by atomic mass is 16.3. The van der Waals surface area contributed by atoms with Crippen molar-refractivity contribution in [3.63, 3.8) is 0 Å². The quantitative estimate of drug-likeness (QED) is 0.837. The molecule has 2 heterocycles. The molecule has 0 atom stereocenters. The first-order chi connectivity index (χ1) is 9.68. The molecule has 0 spiro atoms. The van der Waals surface area contributed by atoms with E-state index in [-0.39, 0.29) is 0 Å². The Balaban J connectivity index is 1.61. The first-order valence-corrected chi connectivity index (χ1v) is 7.39. The number of piperidine rings is 1. The third-order valence-corrected chi connectivity index (χ3v) is 4.61. The number of rotatable bonds is 3. The number of benzene rings is 1. The smallest absolute Gasteiger partial charge is 0.209 e. The van der Waals surface area contributed by atoms with E-state index < -0.39 is 5.60 Å². The summed E-state index contributed by atoms with van der Waals surface area (Å²) in [5, 5.41) is 10.7. The van der Waals surface area contributed by atoms with Gasteiger partial charge in [-0.1, -0.05) is 24.3 Å². The fraction of sp³-hybridized carbons (Fsp3) is 0.562. The van der Waals surface area contributed by atoms with Crippen LogP contribution in [0.5, 0.6) is 0 Å². The monoisotopic (exact) mass is 274 g/mol. The maximum Gasteiger partial charge on any atom is 0.209 e. The number of aliphatic hydroxyl groups is 1. The van der Waals surface area contributed by atoms with Crippen LogP contribution in [0.3, 0.4) is 0 Å². The lowest BCUT2D eigenvalue weighted by atomic mass is 9.89. The van der Waals surface area contributed by atoms with Gasteiger partial charge in [-0.2, -0.15) is 0 Å². The second-order valence-corrected chi connectivity index (χ2v) is 6.10. The number of carbonyl (C=O) groups excluding carboxylic acids is 1. The molecule has 4 nitrogen and oxygen atoms in total. The largest absolute Gasteiger partial charge is 0.388 e. The predicted molar refractivity (Wildman–Crippen MR) is 77.2 cm³/mol. The summed E-state index contributed by atoms with van der Waals surface area (Å²) in [5.41, 5.74) is 2.19. The average Bonchev–Trinajstić information content (AvgIpc) is 2.48. The summed E-state index contributed by atoms with van der Waals surface area (Å²) < 4.78 is 0. The number of β-amino-alcohol motifs (C(OH)–C–C–N with tert-alkyl or cyclic N) is 1. The summed E-state index contributed by atoms with van der Waals surface area (Å²) in [6.07, 6.45) is 3.32. The van der Waals surface area contributed by atoms with Gasteiger partial charge in [-0.3, -0.25) is 9.69 Å². The van der Waals surface area contributed by atoms with E-state index in [0.29, 0.717) is 32.5 Å². The van der Waals surface area contributed by atoms with Crippen LogP contribution in [0.15, 0.2) is 24.3 Å². The Bertz CT molecular complexity index is 481. The Hall–Kier alpha value is -1.39. The minimum Gasteiger partial charge on any atom is -0.388 e. The number of nitrogens with zero attached hydrogens (tertiary/aromatic N) is 2. The molecule has 1 aromatic rings. The second kappa shape index (κ2) is 5.54. The second-order valence-electron chi connectivity index (χ2n) is 6.10. The number of amides is 1. The molecule has 0 aliphatic carbocycles. The van der Waals surface area contributed by atoms with E-state index in [1.807, 2.05) is 0 Å². The first kappa shape index (κ1) is 13.6. The molecule has 0 bridgehead atoms. The van der Waals surface area contributed by atoms with Crippen molar-refractivity contribution in [2.75, 3.05) is 26.2 Å². The average molecular weight is 274 g/mol. The standard InChI is InChI=1S/C16H22N2O2/c19-13-17-9-6-16(20,7-10-17)12-18-8-5-14-3-1-2-4-15(14)11-18/h1-4,13,20H,5-12H2. The van der Waals surface area contributed by atoms with Crippen molar-refractivity contribution in [1.29, 1.82) is 0 Å². The van der Waals surface area contributed by atoms with Crippen LogP contribution in [-0.2, 0) is 17.8 Å². The van der Waals surface area contributed by atoms with E-state index >= 15 is 0 Å². The van der Waals surface area contributed by atoms with Crippen molar-refractivity contribution in [1.82, 2.24) is 9.80 Å². The van der Waals surface area contributed by atoms with Crippen molar-refractivity contribution in [3.05, 3.63) is 35.4 Å². The van der Waals surface area contributed by atoms with Crippen molar-refractivity contribution < 1.29 is 9.90 Å². The summed E-state index contributed by atoms with van der Waals surface area (Å²) >= 11 is 0. The summed E-state index contributed by atoms with van der Waals surface area (Å²) in [6, 6.07) is 8.56. The zero-order valence-corrected chi connectivity index (χ0v) is 11.8. The lowest BCUT2D eigenvalue weighted by Crippen LogP contribution is -2.51. The highest BCUT2D eigenvalue weighted by Gasteiger charge is 2.34. The van der Waals surface area contributed by atoms with Crippen LogP contribution in [0.25, 0.3) is 0 Å². The molecule has 2 aliphatic rings. The SMILES string of the molecule is O=CN1CCC(O)(CN2CCc3ccccc3C2)CC1. The van der Waals surface area contributed by atoms with Crippen molar-refractivity contribution in [2.45, 2.75) is 31.4 Å². The van der Waals surface area contributed by atoms with E-state index in [0.717, 1.165) is 25.9 Å². The van der Waals surface area contributed by atoms with Gasteiger partial charge in [-0.05, 0) is 30.4 Å². The van der Waals surface area contributed by atoms with Gasteiger partial charge in [0.1, 0.15) is 0 Å². The minimum absolute atomic E-state index is 0.633. The van der Waals surface area contributed by atoms with E-state index in [2.05, 4.69) is 29.2 Å².